The van der Waals surface area contributed by atoms with Crippen LogP contribution in [0.5, 0.6) is 0 Å². The van der Waals surface area contributed by atoms with E-state index >= 15 is 0 Å². The average molecular weight is 202 g/mol. The molecule has 2 N–H and O–H groups in total. The second kappa shape index (κ2) is 5.13. The van der Waals surface area contributed by atoms with Crippen LogP contribution in [0.1, 0.15) is 48.0 Å². The Morgan fingerprint density at radius 2 is 1.43 bits per heavy atom. The molecule has 3 atom stereocenters. The molecule has 0 aromatic rings. The van der Waals surface area contributed by atoms with Gasteiger partial charge in [-0.2, -0.15) is 0 Å². The van der Waals surface area contributed by atoms with Crippen LogP contribution in [-0.4, -0.2) is 22.4 Å². The third-order valence-electron chi connectivity index (χ3n) is 2.81. The minimum absolute atomic E-state index is 0.0666. The molecule has 0 rings (SSSR count). The predicted molar refractivity (Wildman–Crippen MR) is 60.1 cm³/mol. The molecule has 0 amide bonds. The molecule has 0 aromatic heterocycles. The van der Waals surface area contributed by atoms with E-state index in [1.54, 1.807) is 0 Å². The summed E-state index contributed by atoms with van der Waals surface area (Å²) in [5.41, 5.74) is 0.0666. The van der Waals surface area contributed by atoms with Crippen molar-refractivity contribution in [3.63, 3.8) is 0 Å². The Kier molecular flexibility index (Phi) is 5.10. The Balaban J connectivity index is 4.18. The van der Waals surface area contributed by atoms with E-state index in [1.165, 1.54) is 0 Å². The van der Waals surface area contributed by atoms with Crippen molar-refractivity contribution in [2.75, 3.05) is 0 Å². The molecule has 0 aliphatic carbocycles. The first-order chi connectivity index (χ1) is 6.15. The highest BCUT2D eigenvalue weighted by molar-refractivity contribution is 4.79. The zero-order valence-corrected chi connectivity index (χ0v) is 10.4. The summed E-state index contributed by atoms with van der Waals surface area (Å²) >= 11 is 0. The number of hydrogen-bond donors (Lipinski definition) is 2. The maximum Gasteiger partial charge on any atom is 0.0827 e. The van der Waals surface area contributed by atoms with Crippen LogP contribution < -0.4 is 0 Å². The lowest BCUT2D eigenvalue weighted by atomic mass is 9.82. The van der Waals surface area contributed by atoms with E-state index in [0.717, 1.165) is 0 Å². The van der Waals surface area contributed by atoms with E-state index in [2.05, 4.69) is 34.6 Å². The number of rotatable bonds is 4. The van der Waals surface area contributed by atoms with Gasteiger partial charge in [0.1, 0.15) is 0 Å². The van der Waals surface area contributed by atoms with Gasteiger partial charge in [-0.3, -0.25) is 0 Å². The molecule has 0 heterocycles. The van der Waals surface area contributed by atoms with E-state index in [0.29, 0.717) is 12.3 Å². The van der Waals surface area contributed by atoms with Crippen molar-refractivity contribution in [2.45, 2.75) is 60.2 Å². The maximum absolute atomic E-state index is 9.87. The van der Waals surface area contributed by atoms with Gasteiger partial charge in [-0.1, -0.05) is 41.5 Å². The number of aliphatic hydroxyl groups excluding tert-OH is 2. The SMILES string of the molecule is CC(C)C(C)C(O)C(O)CC(C)(C)C. The minimum atomic E-state index is -0.604. The van der Waals surface area contributed by atoms with Crippen molar-refractivity contribution in [1.29, 1.82) is 0 Å². The Bertz CT molecular complexity index is 158. The molecule has 0 spiro atoms. The molecular formula is C12H26O2. The van der Waals surface area contributed by atoms with Crippen LogP contribution in [0.25, 0.3) is 0 Å². The van der Waals surface area contributed by atoms with Gasteiger partial charge in [-0.05, 0) is 23.7 Å². The van der Waals surface area contributed by atoms with Crippen LogP contribution in [0, 0.1) is 17.3 Å². The van der Waals surface area contributed by atoms with Crippen LogP contribution in [0.2, 0.25) is 0 Å². The van der Waals surface area contributed by atoms with E-state index in [1.807, 2.05) is 6.92 Å². The average Bonchev–Trinajstić information content (AvgIpc) is 1.98. The molecule has 0 bridgehead atoms. The lowest BCUT2D eigenvalue weighted by Gasteiger charge is -2.30. The van der Waals surface area contributed by atoms with Crippen molar-refractivity contribution in [2.24, 2.45) is 17.3 Å². The zero-order valence-electron chi connectivity index (χ0n) is 10.4. The summed E-state index contributed by atoms with van der Waals surface area (Å²) in [4.78, 5) is 0. The number of aliphatic hydroxyl groups is 2. The fraction of sp³-hybridized carbons (Fsp3) is 1.00. The van der Waals surface area contributed by atoms with Gasteiger partial charge in [0.05, 0.1) is 12.2 Å². The van der Waals surface area contributed by atoms with E-state index in [-0.39, 0.29) is 11.3 Å². The molecule has 0 saturated heterocycles. The second-order valence-electron chi connectivity index (χ2n) is 5.93. The molecule has 0 aliphatic heterocycles. The Morgan fingerprint density at radius 1 is 1.00 bits per heavy atom. The van der Waals surface area contributed by atoms with Crippen molar-refractivity contribution in [3.8, 4) is 0 Å². The Morgan fingerprint density at radius 3 is 1.71 bits per heavy atom. The van der Waals surface area contributed by atoms with Gasteiger partial charge in [-0.25, -0.2) is 0 Å². The molecular weight excluding hydrogens is 176 g/mol. The highest BCUT2D eigenvalue weighted by atomic mass is 16.3. The van der Waals surface area contributed by atoms with Gasteiger partial charge in [-0.15, -0.1) is 0 Å². The molecule has 0 fully saturated rings. The zero-order chi connectivity index (χ0) is 11.5. The third-order valence-corrected chi connectivity index (χ3v) is 2.81. The molecule has 0 aromatic carbocycles. The van der Waals surface area contributed by atoms with Crippen LogP contribution in [0.15, 0.2) is 0 Å². The van der Waals surface area contributed by atoms with Crippen molar-refractivity contribution in [1.82, 2.24) is 0 Å². The predicted octanol–water partition coefficient (Wildman–Crippen LogP) is 2.44. The molecule has 2 nitrogen and oxygen atoms in total. The molecule has 0 radical (unpaired) electrons. The van der Waals surface area contributed by atoms with Crippen molar-refractivity contribution in [3.05, 3.63) is 0 Å². The monoisotopic (exact) mass is 202 g/mol. The largest absolute Gasteiger partial charge is 0.390 e. The molecule has 2 heteroatoms. The van der Waals surface area contributed by atoms with Crippen LogP contribution in [0.3, 0.4) is 0 Å². The third kappa shape index (κ3) is 4.97. The molecule has 86 valence electrons. The lowest BCUT2D eigenvalue weighted by molar-refractivity contribution is -0.0414. The maximum atomic E-state index is 9.87. The first-order valence-electron chi connectivity index (χ1n) is 5.51. The fourth-order valence-electron chi connectivity index (χ4n) is 1.49. The first-order valence-corrected chi connectivity index (χ1v) is 5.51. The van der Waals surface area contributed by atoms with E-state index in [9.17, 15) is 10.2 Å². The van der Waals surface area contributed by atoms with Gasteiger partial charge in [0.15, 0.2) is 0 Å². The van der Waals surface area contributed by atoms with Crippen LogP contribution >= 0.6 is 0 Å². The summed E-state index contributed by atoms with van der Waals surface area (Å²) in [7, 11) is 0. The summed E-state index contributed by atoms with van der Waals surface area (Å²) in [5, 5.41) is 19.7. The quantitative estimate of drug-likeness (QED) is 0.735. The molecule has 0 aliphatic rings. The summed E-state index contributed by atoms with van der Waals surface area (Å²) in [6, 6.07) is 0. The van der Waals surface area contributed by atoms with Crippen molar-refractivity contribution < 1.29 is 10.2 Å². The standard InChI is InChI=1S/C12H26O2/c1-8(2)9(3)11(14)10(13)7-12(4,5)6/h8-11,13-14H,7H2,1-6H3. The smallest absolute Gasteiger partial charge is 0.0827 e. The number of hydrogen-bond acceptors (Lipinski definition) is 2. The highest BCUT2D eigenvalue weighted by Crippen LogP contribution is 2.26. The Labute approximate surface area is 88.3 Å². The van der Waals surface area contributed by atoms with Crippen LogP contribution in [-0.2, 0) is 0 Å². The summed E-state index contributed by atoms with van der Waals surface area (Å²) < 4.78 is 0. The highest BCUT2D eigenvalue weighted by Gasteiger charge is 2.28. The Hall–Kier alpha value is -0.0800. The van der Waals surface area contributed by atoms with Crippen molar-refractivity contribution >= 4 is 0 Å². The summed E-state index contributed by atoms with van der Waals surface area (Å²) in [6.07, 6.45) is -0.563. The topological polar surface area (TPSA) is 40.5 Å². The molecule has 14 heavy (non-hydrogen) atoms. The first kappa shape index (κ1) is 13.9. The van der Waals surface area contributed by atoms with Crippen LogP contribution in [0.4, 0.5) is 0 Å². The summed E-state index contributed by atoms with van der Waals surface area (Å²) in [5.74, 6) is 0.548. The molecule has 0 saturated carbocycles. The van der Waals surface area contributed by atoms with Gasteiger partial charge in [0, 0.05) is 0 Å². The van der Waals surface area contributed by atoms with E-state index in [4.69, 9.17) is 0 Å². The fourth-order valence-corrected chi connectivity index (χ4v) is 1.49. The van der Waals surface area contributed by atoms with E-state index < -0.39 is 12.2 Å². The lowest BCUT2D eigenvalue weighted by Crippen LogP contribution is -2.37. The summed E-state index contributed by atoms with van der Waals surface area (Å²) in [6.45, 7) is 12.3. The van der Waals surface area contributed by atoms with Gasteiger partial charge in [0.2, 0.25) is 0 Å². The minimum Gasteiger partial charge on any atom is -0.390 e. The van der Waals surface area contributed by atoms with Gasteiger partial charge >= 0.3 is 0 Å². The normalized spacial score (nSPS) is 19.5. The van der Waals surface area contributed by atoms with Gasteiger partial charge in [0.25, 0.3) is 0 Å². The van der Waals surface area contributed by atoms with Gasteiger partial charge < -0.3 is 10.2 Å². The second-order valence-corrected chi connectivity index (χ2v) is 5.93. The molecule has 3 unspecified atom stereocenters.